The fourth-order valence-corrected chi connectivity index (χ4v) is 1.76. The van der Waals surface area contributed by atoms with Gasteiger partial charge in [0.05, 0.1) is 25.9 Å². The zero-order chi connectivity index (χ0) is 12.4. The van der Waals surface area contributed by atoms with Gasteiger partial charge < -0.3 is 13.9 Å². The van der Waals surface area contributed by atoms with Gasteiger partial charge in [-0.2, -0.15) is 0 Å². The molecule has 17 heavy (non-hydrogen) atoms. The van der Waals surface area contributed by atoms with Crippen LogP contribution in [-0.4, -0.2) is 19.1 Å². The van der Waals surface area contributed by atoms with Crippen LogP contribution in [0.25, 0.3) is 10.8 Å². The Bertz CT molecular complexity index is 560. The summed E-state index contributed by atoms with van der Waals surface area (Å²) < 4.78 is 15.6. The molecule has 0 fully saturated rings. The Morgan fingerprint density at radius 3 is 2.71 bits per heavy atom. The van der Waals surface area contributed by atoms with Gasteiger partial charge in [-0.1, -0.05) is 0 Å². The molecule has 0 unspecified atom stereocenters. The van der Waals surface area contributed by atoms with E-state index < -0.39 is 4.92 Å². The largest absolute Gasteiger partial charge is 0.493 e. The number of ether oxygens (including phenoxy) is 2. The standard InChI is InChI=1S/C11H11NO5/c1-15-8-4-3-7-6-17-9(5-12(13)14)10(7)11(8)16-2/h3-4,6H,5H2,1-2H3. The number of fused-ring (bicyclic) bond motifs is 1. The van der Waals surface area contributed by atoms with Crippen molar-refractivity contribution >= 4 is 10.8 Å². The summed E-state index contributed by atoms with van der Waals surface area (Å²) in [5.74, 6) is 1.24. The monoisotopic (exact) mass is 237 g/mol. The lowest BCUT2D eigenvalue weighted by molar-refractivity contribution is -0.499. The zero-order valence-corrected chi connectivity index (χ0v) is 9.43. The third kappa shape index (κ3) is 1.89. The number of rotatable bonds is 4. The van der Waals surface area contributed by atoms with Gasteiger partial charge in [-0.05, 0) is 12.1 Å². The van der Waals surface area contributed by atoms with Gasteiger partial charge in [0.1, 0.15) is 0 Å². The third-order valence-electron chi connectivity index (χ3n) is 2.46. The van der Waals surface area contributed by atoms with Gasteiger partial charge in [-0.15, -0.1) is 0 Å². The van der Waals surface area contributed by atoms with Crippen LogP contribution in [0.15, 0.2) is 22.8 Å². The number of hydrogen-bond donors (Lipinski definition) is 0. The lowest BCUT2D eigenvalue weighted by Crippen LogP contribution is -1.98. The molecule has 0 amide bonds. The minimum atomic E-state index is -0.447. The topological polar surface area (TPSA) is 74.7 Å². The molecule has 2 aromatic rings. The van der Waals surface area contributed by atoms with E-state index in [9.17, 15) is 10.1 Å². The molecule has 0 atom stereocenters. The number of hydrogen-bond acceptors (Lipinski definition) is 5. The van der Waals surface area contributed by atoms with Crippen LogP contribution in [-0.2, 0) is 6.54 Å². The molecular weight excluding hydrogens is 226 g/mol. The molecular formula is C11H11NO5. The van der Waals surface area contributed by atoms with Crippen LogP contribution in [0.3, 0.4) is 0 Å². The summed E-state index contributed by atoms with van der Waals surface area (Å²) in [6.45, 7) is -0.382. The first-order chi connectivity index (χ1) is 8.17. The second-order valence-electron chi connectivity index (χ2n) is 3.42. The van der Waals surface area contributed by atoms with Gasteiger partial charge in [0, 0.05) is 10.3 Å². The molecule has 1 aromatic heterocycles. The zero-order valence-electron chi connectivity index (χ0n) is 9.43. The first kappa shape index (κ1) is 11.3. The van der Waals surface area contributed by atoms with Crippen molar-refractivity contribution in [1.82, 2.24) is 0 Å². The molecule has 6 nitrogen and oxygen atoms in total. The SMILES string of the molecule is COc1ccc2coc(C[N+](=O)[O-])c2c1OC. The Hall–Kier alpha value is -2.24. The number of methoxy groups -OCH3 is 2. The summed E-state index contributed by atoms with van der Waals surface area (Å²) in [6, 6.07) is 3.50. The summed E-state index contributed by atoms with van der Waals surface area (Å²) in [4.78, 5) is 10.1. The fraction of sp³-hybridized carbons (Fsp3) is 0.273. The maximum absolute atomic E-state index is 10.5. The predicted molar refractivity (Wildman–Crippen MR) is 60.0 cm³/mol. The molecule has 0 radical (unpaired) electrons. The van der Waals surface area contributed by atoms with Crippen molar-refractivity contribution < 1.29 is 18.8 Å². The van der Waals surface area contributed by atoms with Gasteiger partial charge in [0.25, 0.3) is 6.54 Å². The smallest absolute Gasteiger partial charge is 0.261 e. The van der Waals surface area contributed by atoms with Crippen LogP contribution in [0.2, 0.25) is 0 Å². The molecule has 0 aliphatic carbocycles. The maximum Gasteiger partial charge on any atom is 0.261 e. The molecule has 0 aliphatic heterocycles. The fourth-order valence-electron chi connectivity index (χ4n) is 1.76. The summed E-state index contributed by atoms with van der Waals surface area (Å²) >= 11 is 0. The number of furan rings is 1. The second kappa shape index (κ2) is 4.32. The molecule has 0 saturated carbocycles. The summed E-state index contributed by atoms with van der Waals surface area (Å²) in [6.07, 6.45) is 1.47. The lowest BCUT2D eigenvalue weighted by Gasteiger charge is -2.08. The van der Waals surface area contributed by atoms with E-state index in [-0.39, 0.29) is 12.3 Å². The summed E-state index contributed by atoms with van der Waals surface area (Å²) in [7, 11) is 3.00. The molecule has 1 aromatic carbocycles. The summed E-state index contributed by atoms with van der Waals surface area (Å²) in [5.41, 5.74) is 0. The van der Waals surface area contributed by atoms with E-state index in [1.165, 1.54) is 20.5 Å². The van der Waals surface area contributed by atoms with Crippen molar-refractivity contribution in [2.24, 2.45) is 0 Å². The van der Waals surface area contributed by atoms with Crippen molar-refractivity contribution in [3.63, 3.8) is 0 Å². The van der Waals surface area contributed by atoms with Crippen LogP contribution < -0.4 is 9.47 Å². The van der Waals surface area contributed by atoms with Crippen molar-refractivity contribution in [2.75, 3.05) is 14.2 Å². The first-order valence-electron chi connectivity index (χ1n) is 4.90. The van der Waals surface area contributed by atoms with E-state index in [1.807, 2.05) is 0 Å². The molecule has 0 saturated heterocycles. The molecule has 1 heterocycles. The van der Waals surface area contributed by atoms with E-state index in [2.05, 4.69) is 0 Å². The van der Waals surface area contributed by atoms with Gasteiger partial charge in [-0.25, -0.2) is 0 Å². The van der Waals surface area contributed by atoms with Crippen molar-refractivity contribution in [2.45, 2.75) is 6.54 Å². The van der Waals surface area contributed by atoms with E-state index in [1.54, 1.807) is 12.1 Å². The third-order valence-corrected chi connectivity index (χ3v) is 2.46. The van der Waals surface area contributed by atoms with Crippen molar-refractivity contribution in [1.29, 1.82) is 0 Å². The molecule has 0 aliphatic rings. The number of nitrogens with zero attached hydrogens (tertiary/aromatic N) is 1. The van der Waals surface area contributed by atoms with Crippen molar-refractivity contribution in [3.8, 4) is 11.5 Å². The van der Waals surface area contributed by atoms with Crippen LogP contribution in [0, 0.1) is 10.1 Å². The van der Waals surface area contributed by atoms with Gasteiger partial charge in [-0.3, -0.25) is 10.1 Å². The quantitative estimate of drug-likeness (QED) is 0.602. The van der Waals surface area contributed by atoms with Gasteiger partial charge >= 0.3 is 0 Å². The highest BCUT2D eigenvalue weighted by Crippen LogP contribution is 2.38. The van der Waals surface area contributed by atoms with E-state index in [0.717, 1.165) is 5.39 Å². The number of nitro groups is 1. The molecule has 2 rings (SSSR count). The average Bonchev–Trinajstić information content (AvgIpc) is 2.70. The van der Waals surface area contributed by atoms with E-state index in [4.69, 9.17) is 13.9 Å². The molecule has 6 heteroatoms. The highest BCUT2D eigenvalue weighted by molar-refractivity contribution is 5.92. The predicted octanol–water partition coefficient (Wildman–Crippen LogP) is 2.23. The minimum absolute atomic E-state index is 0.265. The molecule has 0 N–H and O–H groups in total. The van der Waals surface area contributed by atoms with Gasteiger partial charge in [0.2, 0.25) is 0 Å². The summed E-state index contributed by atoms with van der Waals surface area (Å²) in [5, 5.41) is 11.9. The highest BCUT2D eigenvalue weighted by Gasteiger charge is 2.19. The Kier molecular flexibility index (Phi) is 2.86. The maximum atomic E-state index is 10.5. The average molecular weight is 237 g/mol. The number of benzene rings is 1. The minimum Gasteiger partial charge on any atom is -0.493 e. The van der Waals surface area contributed by atoms with Crippen LogP contribution in [0.5, 0.6) is 11.5 Å². The highest BCUT2D eigenvalue weighted by atomic mass is 16.6. The Morgan fingerprint density at radius 1 is 1.35 bits per heavy atom. The van der Waals surface area contributed by atoms with E-state index >= 15 is 0 Å². The molecule has 0 spiro atoms. The van der Waals surface area contributed by atoms with Crippen LogP contribution >= 0.6 is 0 Å². The van der Waals surface area contributed by atoms with E-state index in [0.29, 0.717) is 16.9 Å². The Morgan fingerprint density at radius 2 is 2.12 bits per heavy atom. The normalized spacial score (nSPS) is 10.5. The Balaban J connectivity index is 2.66. The first-order valence-corrected chi connectivity index (χ1v) is 4.90. The van der Waals surface area contributed by atoms with Gasteiger partial charge in [0.15, 0.2) is 17.3 Å². The molecule has 0 bridgehead atoms. The molecule has 90 valence electrons. The lowest BCUT2D eigenvalue weighted by atomic mass is 10.1. The Labute approximate surface area is 96.9 Å². The van der Waals surface area contributed by atoms with Crippen LogP contribution in [0.4, 0.5) is 0 Å². The van der Waals surface area contributed by atoms with Crippen molar-refractivity contribution in [3.05, 3.63) is 34.3 Å². The second-order valence-corrected chi connectivity index (χ2v) is 3.42. The van der Waals surface area contributed by atoms with Crippen LogP contribution in [0.1, 0.15) is 5.76 Å².